The van der Waals surface area contributed by atoms with Gasteiger partial charge in [-0.2, -0.15) is 0 Å². The van der Waals surface area contributed by atoms with Crippen LogP contribution < -0.4 is 48.7 Å². The monoisotopic (exact) mass is 803 g/mol. The topological polar surface area (TPSA) is 293 Å². The Kier molecular flexibility index (Phi) is 21.9. The summed E-state index contributed by atoms with van der Waals surface area (Å²) in [6.45, 7) is 11.9. The van der Waals surface area contributed by atoms with Gasteiger partial charge < -0.3 is 53.8 Å². The number of nitrogens with two attached hydrogens (primary N) is 2. The van der Waals surface area contributed by atoms with Crippen LogP contribution >= 0.6 is 0 Å². The van der Waals surface area contributed by atoms with Crippen molar-refractivity contribution in [3.05, 3.63) is 29.8 Å². The van der Waals surface area contributed by atoms with E-state index < -0.39 is 95.3 Å². The molecule has 1 aromatic carbocycles. The Bertz CT molecular complexity index is 1520. The average molecular weight is 804 g/mol. The van der Waals surface area contributed by atoms with Crippen molar-refractivity contribution in [2.24, 2.45) is 29.2 Å². The molecule has 1 aromatic rings. The van der Waals surface area contributed by atoms with Gasteiger partial charge in [-0.25, -0.2) is 0 Å². The number of phenols is 1. The third kappa shape index (κ3) is 17.6. The molecule has 0 aromatic heterocycles. The van der Waals surface area contributed by atoms with Crippen molar-refractivity contribution in [2.45, 2.75) is 130 Å². The van der Waals surface area contributed by atoms with E-state index in [0.29, 0.717) is 37.8 Å². The molecule has 0 aliphatic heterocycles. The molecule has 18 nitrogen and oxygen atoms in total. The minimum atomic E-state index is -1.31. The van der Waals surface area contributed by atoms with Crippen LogP contribution in [0.4, 0.5) is 0 Å². The Hall–Kier alpha value is -5.26. The van der Waals surface area contributed by atoms with E-state index in [2.05, 4.69) is 37.2 Å². The summed E-state index contributed by atoms with van der Waals surface area (Å²) < 4.78 is 0. The lowest BCUT2D eigenvalue weighted by molar-refractivity contribution is -0.137. The second-order valence-electron chi connectivity index (χ2n) is 15.0. The lowest BCUT2D eigenvalue weighted by Gasteiger charge is -2.31. The first-order chi connectivity index (χ1) is 26.7. The van der Waals surface area contributed by atoms with Crippen LogP contribution in [0.5, 0.6) is 5.75 Å². The van der Waals surface area contributed by atoms with Crippen LogP contribution in [0, 0.1) is 17.8 Å². The lowest BCUT2D eigenvalue weighted by Crippen LogP contribution is -2.62. The quantitative estimate of drug-likeness (QED) is 0.0558. The van der Waals surface area contributed by atoms with Crippen LogP contribution in [-0.2, 0) is 44.8 Å². The fraction of sp³-hybridized carbons (Fsp3) is 0.641. The number of nitrogens with one attached hydrogen (secondary N) is 7. The van der Waals surface area contributed by atoms with E-state index in [1.54, 1.807) is 53.7 Å². The molecule has 0 bridgehead atoms. The van der Waals surface area contributed by atoms with Crippen LogP contribution in [0.3, 0.4) is 0 Å². The van der Waals surface area contributed by atoms with Crippen LogP contribution in [-0.4, -0.2) is 102 Å². The number of hydrogen-bond donors (Lipinski definition) is 10. The number of hydrogen-bond acceptors (Lipinski definition) is 10. The Labute approximate surface area is 335 Å². The van der Waals surface area contributed by atoms with Gasteiger partial charge in [0, 0.05) is 26.8 Å². The zero-order valence-corrected chi connectivity index (χ0v) is 34.5. The molecule has 0 fully saturated rings. The maximum Gasteiger partial charge on any atom is 0.243 e. The SMILES string of the molecule is CC[C@H](C)[C@H](NC(=O)[C@H](CCC(N)=O)NC(=O)[C@@H](NC(C)=O)C(C)C)C(=O)N[C@H](C(=O)N[C@@H](Cc1ccc(O)cc1)C(=O)N[C@@H](CCCCN)C(=O)NC)C(C)C. The van der Waals surface area contributed by atoms with Crippen molar-refractivity contribution in [1.82, 2.24) is 37.2 Å². The van der Waals surface area contributed by atoms with Gasteiger partial charge in [-0.15, -0.1) is 0 Å². The zero-order valence-electron chi connectivity index (χ0n) is 34.5. The highest BCUT2D eigenvalue weighted by atomic mass is 16.3. The summed E-state index contributed by atoms with van der Waals surface area (Å²) in [5.41, 5.74) is 11.6. The predicted octanol–water partition coefficient (Wildman–Crippen LogP) is -0.638. The summed E-state index contributed by atoms with van der Waals surface area (Å²) in [6, 6.07) is -0.799. The van der Waals surface area contributed by atoms with E-state index in [9.17, 15) is 43.5 Å². The summed E-state index contributed by atoms with van der Waals surface area (Å²) in [4.78, 5) is 105. The first-order valence-electron chi connectivity index (χ1n) is 19.5. The highest BCUT2D eigenvalue weighted by Crippen LogP contribution is 2.15. The van der Waals surface area contributed by atoms with Gasteiger partial charge in [0.05, 0.1) is 0 Å². The summed E-state index contributed by atoms with van der Waals surface area (Å²) in [6.07, 6.45) is 1.43. The van der Waals surface area contributed by atoms with Crippen LogP contribution in [0.15, 0.2) is 24.3 Å². The molecule has 0 aliphatic carbocycles. The normalized spacial score (nSPS) is 14.8. The number of likely N-dealkylation sites (N-methyl/N-ethyl adjacent to an activating group) is 1. The summed E-state index contributed by atoms with van der Waals surface area (Å²) >= 11 is 0. The van der Waals surface area contributed by atoms with E-state index in [4.69, 9.17) is 11.5 Å². The number of primary amides is 1. The smallest absolute Gasteiger partial charge is 0.243 e. The molecule has 0 aliphatic rings. The Morgan fingerprint density at radius 1 is 0.632 bits per heavy atom. The average Bonchev–Trinajstić information content (AvgIpc) is 3.15. The van der Waals surface area contributed by atoms with Gasteiger partial charge in [0.25, 0.3) is 0 Å². The second kappa shape index (κ2) is 25.1. The Morgan fingerprint density at radius 2 is 1.11 bits per heavy atom. The van der Waals surface area contributed by atoms with Crippen molar-refractivity contribution in [3.63, 3.8) is 0 Å². The highest BCUT2D eigenvalue weighted by Gasteiger charge is 2.36. The highest BCUT2D eigenvalue weighted by molar-refractivity contribution is 5.97. The molecular formula is C39H65N9O9. The number of benzene rings is 1. The molecule has 0 spiro atoms. The number of amides is 8. The maximum absolute atomic E-state index is 14.0. The fourth-order valence-corrected chi connectivity index (χ4v) is 5.85. The minimum absolute atomic E-state index is 0.000206. The number of rotatable bonds is 25. The van der Waals surface area contributed by atoms with Gasteiger partial charge in [-0.05, 0) is 67.7 Å². The van der Waals surface area contributed by atoms with E-state index >= 15 is 0 Å². The van der Waals surface area contributed by atoms with E-state index in [1.165, 1.54) is 26.1 Å². The molecular weight excluding hydrogens is 738 g/mol. The molecule has 0 radical (unpaired) electrons. The van der Waals surface area contributed by atoms with Crippen molar-refractivity contribution in [1.29, 1.82) is 0 Å². The van der Waals surface area contributed by atoms with E-state index in [0.717, 1.165) is 0 Å². The van der Waals surface area contributed by atoms with Crippen LogP contribution in [0.25, 0.3) is 0 Å². The molecule has 57 heavy (non-hydrogen) atoms. The molecule has 320 valence electrons. The van der Waals surface area contributed by atoms with Crippen molar-refractivity contribution >= 4 is 47.3 Å². The molecule has 1 rings (SSSR count). The van der Waals surface area contributed by atoms with Gasteiger partial charge in [0.15, 0.2) is 0 Å². The fourth-order valence-electron chi connectivity index (χ4n) is 5.85. The van der Waals surface area contributed by atoms with Crippen molar-refractivity contribution < 1.29 is 43.5 Å². The first kappa shape index (κ1) is 49.8. The zero-order chi connectivity index (χ0) is 43.4. The van der Waals surface area contributed by atoms with Crippen molar-refractivity contribution in [3.8, 4) is 5.75 Å². The summed E-state index contributed by atoms with van der Waals surface area (Å²) in [7, 11) is 1.44. The summed E-state index contributed by atoms with van der Waals surface area (Å²) in [5, 5.41) is 28.3. The predicted molar refractivity (Wildman–Crippen MR) is 214 cm³/mol. The van der Waals surface area contributed by atoms with Gasteiger partial charge in [-0.1, -0.05) is 60.1 Å². The first-order valence-corrected chi connectivity index (χ1v) is 19.5. The Balaban J connectivity index is 3.40. The van der Waals surface area contributed by atoms with Gasteiger partial charge in [0.2, 0.25) is 47.3 Å². The number of phenolic OH excluding ortho intramolecular Hbond substituents is 1. The maximum atomic E-state index is 14.0. The summed E-state index contributed by atoms with van der Waals surface area (Å²) in [5.74, 6) is -6.50. The molecule has 8 amide bonds. The third-order valence-electron chi connectivity index (χ3n) is 9.50. The second-order valence-corrected chi connectivity index (χ2v) is 15.0. The largest absolute Gasteiger partial charge is 0.508 e. The lowest BCUT2D eigenvalue weighted by atomic mass is 9.95. The Morgan fingerprint density at radius 3 is 1.60 bits per heavy atom. The number of carbonyl (C=O) groups excluding carboxylic acids is 8. The molecule has 7 atom stereocenters. The standard InChI is InChI=1S/C39H65N9O9/c1-9-23(6)33(48-35(53)28(17-18-30(41)51)45-37(55)31(21(2)3)43-24(7)49)39(57)47-32(22(4)5)38(56)46-29(20-25-13-15-26(50)16-14-25)36(54)44-27(34(52)42-8)12-10-11-19-40/h13-16,21-23,27-29,31-33,50H,9-12,17-20,40H2,1-8H3,(H2,41,51)(H,42,52)(H,43,49)(H,44,54)(H,45,55)(H,46,56)(H,47,57)(H,48,53)/t23-,27-,28-,29-,31-,32-,33-/m0/s1. The third-order valence-corrected chi connectivity index (χ3v) is 9.50. The van der Waals surface area contributed by atoms with Crippen LogP contribution in [0.1, 0.15) is 92.6 Å². The number of unbranched alkanes of at least 4 members (excludes halogenated alkanes) is 1. The van der Waals surface area contributed by atoms with E-state index in [-0.39, 0.29) is 30.9 Å². The molecule has 12 N–H and O–H groups in total. The number of aromatic hydroxyl groups is 1. The minimum Gasteiger partial charge on any atom is -0.508 e. The number of carbonyl (C=O) groups is 8. The van der Waals surface area contributed by atoms with Crippen molar-refractivity contribution in [2.75, 3.05) is 13.6 Å². The van der Waals surface area contributed by atoms with Gasteiger partial charge in [-0.3, -0.25) is 38.4 Å². The molecule has 0 saturated heterocycles. The van der Waals surface area contributed by atoms with Gasteiger partial charge >= 0.3 is 0 Å². The molecule has 18 heteroatoms. The van der Waals surface area contributed by atoms with Crippen LogP contribution in [0.2, 0.25) is 0 Å². The van der Waals surface area contributed by atoms with Gasteiger partial charge in [0.1, 0.15) is 42.0 Å². The van der Waals surface area contributed by atoms with E-state index in [1.807, 2.05) is 0 Å². The molecule has 0 unspecified atom stereocenters. The molecule has 0 saturated carbocycles. The molecule has 0 heterocycles.